The number of hydrogen-bond donors (Lipinski definition) is 2. The summed E-state index contributed by atoms with van der Waals surface area (Å²) in [7, 11) is 0. The van der Waals surface area contributed by atoms with Gasteiger partial charge >= 0.3 is 0 Å². The molecule has 0 saturated heterocycles. The summed E-state index contributed by atoms with van der Waals surface area (Å²) in [6.07, 6.45) is 0.730. The Bertz CT molecular complexity index is 269. The van der Waals surface area contributed by atoms with Crippen molar-refractivity contribution in [3.63, 3.8) is 0 Å². The minimum Gasteiger partial charge on any atom is -0.345 e. The lowest BCUT2D eigenvalue weighted by molar-refractivity contribution is -0.131. The molecule has 0 aromatic carbocycles. The van der Waals surface area contributed by atoms with Gasteiger partial charge in [-0.1, -0.05) is 27.7 Å². The van der Waals surface area contributed by atoms with Gasteiger partial charge in [0.1, 0.15) is 6.04 Å². The number of halogens is 1. The molecule has 0 aliphatic heterocycles. The van der Waals surface area contributed by atoms with Gasteiger partial charge in [-0.2, -0.15) is 0 Å². The number of Topliss-reactive ketones (excluding diaryl/α,β-unsaturated/α-hetero) is 1. The van der Waals surface area contributed by atoms with Crippen LogP contribution in [-0.4, -0.2) is 23.8 Å². The van der Waals surface area contributed by atoms with Gasteiger partial charge in [-0.3, -0.25) is 9.59 Å². The van der Waals surface area contributed by atoms with Crippen molar-refractivity contribution in [1.29, 1.82) is 0 Å². The van der Waals surface area contributed by atoms with Crippen LogP contribution < -0.4 is 10.9 Å². The van der Waals surface area contributed by atoms with E-state index in [-0.39, 0.29) is 17.6 Å². The van der Waals surface area contributed by atoms with Crippen molar-refractivity contribution >= 4 is 11.7 Å². The Morgan fingerprint density at radius 2 is 1.71 bits per heavy atom. The van der Waals surface area contributed by atoms with Gasteiger partial charge in [-0.15, -0.1) is 10.0 Å². The number of carbonyl (C=O) groups excluding carboxylic acids is 2. The van der Waals surface area contributed by atoms with Gasteiger partial charge in [0.15, 0.2) is 5.78 Å². The Balaban J connectivity index is 4.42. The normalized spacial score (nSPS) is 16.4. The summed E-state index contributed by atoms with van der Waals surface area (Å²) in [4.78, 5) is 23.4. The van der Waals surface area contributed by atoms with E-state index >= 15 is 0 Å². The molecule has 3 atom stereocenters. The van der Waals surface area contributed by atoms with Crippen LogP contribution in [0.1, 0.15) is 41.0 Å². The van der Waals surface area contributed by atoms with E-state index in [1.807, 2.05) is 13.8 Å². The number of hydrogen-bond acceptors (Lipinski definition) is 3. The molecule has 0 aromatic heterocycles. The first-order chi connectivity index (χ1) is 7.84. The van der Waals surface area contributed by atoms with E-state index in [1.54, 1.807) is 20.8 Å². The van der Waals surface area contributed by atoms with E-state index in [0.717, 1.165) is 6.42 Å². The van der Waals surface area contributed by atoms with Gasteiger partial charge in [0, 0.05) is 5.92 Å². The quantitative estimate of drug-likeness (QED) is 0.671. The van der Waals surface area contributed by atoms with Crippen LogP contribution in [-0.2, 0) is 9.59 Å². The molecule has 0 radical (unpaired) electrons. The molecule has 0 rings (SSSR count). The standard InChI is InChI=1S/C12H23FN2O2/c1-6-8(4)11(16)9(5)14-12(17)10(15-13)7(2)3/h7-10,15H,6H2,1-5H3,(H,14,17). The van der Waals surface area contributed by atoms with Crippen molar-refractivity contribution in [2.24, 2.45) is 11.8 Å². The van der Waals surface area contributed by atoms with Gasteiger partial charge in [0.25, 0.3) is 0 Å². The van der Waals surface area contributed by atoms with Crippen LogP contribution in [0.2, 0.25) is 0 Å². The summed E-state index contributed by atoms with van der Waals surface area (Å²) < 4.78 is 12.4. The van der Waals surface area contributed by atoms with E-state index in [1.165, 1.54) is 5.54 Å². The third kappa shape index (κ3) is 4.81. The second-order valence-electron chi connectivity index (χ2n) is 4.77. The largest absolute Gasteiger partial charge is 0.345 e. The van der Waals surface area contributed by atoms with Gasteiger partial charge in [0.05, 0.1) is 6.04 Å². The van der Waals surface area contributed by atoms with Gasteiger partial charge in [-0.05, 0) is 19.3 Å². The van der Waals surface area contributed by atoms with Crippen molar-refractivity contribution < 1.29 is 14.1 Å². The molecule has 100 valence electrons. The fraction of sp³-hybridized carbons (Fsp3) is 0.833. The van der Waals surface area contributed by atoms with Crippen molar-refractivity contribution in [2.45, 2.75) is 53.1 Å². The number of rotatable bonds is 7. The lowest BCUT2D eigenvalue weighted by atomic mass is 9.97. The Kier molecular flexibility index (Phi) is 6.95. The van der Waals surface area contributed by atoms with E-state index in [4.69, 9.17) is 0 Å². The molecule has 0 saturated carbocycles. The summed E-state index contributed by atoms with van der Waals surface area (Å²) in [6, 6.07) is -1.49. The maximum Gasteiger partial charge on any atom is 0.240 e. The van der Waals surface area contributed by atoms with Crippen LogP contribution in [0.3, 0.4) is 0 Å². The summed E-state index contributed by atoms with van der Waals surface area (Å²) >= 11 is 0. The Morgan fingerprint density at radius 1 is 1.18 bits per heavy atom. The maximum atomic E-state index is 12.4. The Hall–Kier alpha value is -0.970. The fourth-order valence-electron chi connectivity index (χ4n) is 1.48. The highest BCUT2D eigenvalue weighted by Gasteiger charge is 2.26. The number of nitrogens with one attached hydrogen (secondary N) is 2. The molecule has 4 nitrogen and oxygen atoms in total. The predicted molar refractivity (Wildman–Crippen MR) is 64.9 cm³/mol. The average Bonchev–Trinajstić information content (AvgIpc) is 2.27. The molecule has 0 heterocycles. The first-order valence-corrected chi connectivity index (χ1v) is 6.05. The summed E-state index contributed by atoms with van der Waals surface area (Å²) in [5.74, 6) is -0.777. The molecule has 0 aliphatic carbocycles. The topological polar surface area (TPSA) is 58.2 Å². The summed E-state index contributed by atoms with van der Waals surface area (Å²) in [5, 5.41) is 2.54. The van der Waals surface area contributed by atoms with Crippen molar-refractivity contribution in [3.05, 3.63) is 0 Å². The SMILES string of the molecule is CCC(C)C(=O)C(C)NC(=O)C(NF)C(C)C. The van der Waals surface area contributed by atoms with E-state index in [2.05, 4.69) is 5.32 Å². The Labute approximate surface area is 102 Å². The molecule has 0 aliphatic rings. The van der Waals surface area contributed by atoms with Crippen molar-refractivity contribution in [2.75, 3.05) is 0 Å². The first kappa shape index (κ1) is 16.0. The molecular formula is C12H23FN2O2. The highest BCUT2D eigenvalue weighted by Crippen LogP contribution is 2.07. The molecule has 0 bridgehead atoms. The van der Waals surface area contributed by atoms with Gasteiger partial charge < -0.3 is 5.32 Å². The van der Waals surface area contributed by atoms with Gasteiger partial charge in [0.2, 0.25) is 5.91 Å². The van der Waals surface area contributed by atoms with Crippen LogP contribution in [0.25, 0.3) is 0 Å². The molecule has 0 aromatic rings. The zero-order chi connectivity index (χ0) is 13.6. The lowest BCUT2D eigenvalue weighted by Gasteiger charge is -2.21. The molecule has 0 fully saturated rings. The molecular weight excluding hydrogens is 223 g/mol. The lowest BCUT2D eigenvalue weighted by Crippen LogP contribution is -2.50. The third-order valence-electron chi connectivity index (χ3n) is 2.95. The smallest absolute Gasteiger partial charge is 0.240 e. The van der Waals surface area contributed by atoms with E-state index in [0.29, 0.717) is 0 Å². The molecule has 2 N–H and O–H groups in total. The number of ketones is 1. The van der Waals surface area contributed by atoms with Crippen LogP contribution in [0.15, 0.2) is 0 Å². The predicted octanol–water partition coefficient (Wildman–Crippen LogP) is 1.60. The first-order valence-electron chi connectivity index (χ1n) is 6.05. The van der Waals surface area contributed by atoms with Gasteiger partial charge in [-0.25, -0.2) is 0 Å². The Morgan fingerprint density at radius 3 is 2.06 bits per heavy atom. The number of amides is 1. The van der Waals surface area contributed by atoms with Crippen LogP contribution in [0.4, 0.5) is 4.48 Å². The van der Waals surface area contributed by atoms with E-state index in [9.17, 15) is 14.1 Å². The average molecular weight is 246 g/mol. The second kappa shape index (κ2) is 7.37. The minimum atomic E-state index is -0.915. The molecule has 17 heavy (non-hydrogen) atoms. The van der Waals surface area contributed by atoms with Crippen LogP contribution >= 0.6 is 0 Å². The van der Waals surface area contributed by atoms with Crippen molar-refractivity contribution in [3.8, 4) is 0 Å². The van der Waals surface area contributed by atoms with Crippen molar-refractivity contribution in [1.82, 2.24) is 10.9 Å². The molecule has 3 unspecified atom stereocenters. The zero-order valence-corrected chi connectivity index (χ0v) is 11.2. The fourth-order valence-corrected chi connectivity index (χ4v) is 1.48. The van der Waals surface area contributed by atoms with Crippen LogP contribution in [0, 0.1) is 11.8 Å². The second-order valence-corrected chi connectivity index (χ2v) is 4.77. The summed E-state index contributed by atoms with van der Waals surface area (Å²) in [6.45, 7) is 8.83. The minimum absolute atomic E-state index is 0.0257. The maximum absolute atomic E-state index is 12.4. The van der Waals surface area contributed by atoms with Crippen LogP contribution in [0.5, 0.6) is 0 Å². The van der Waals surface area contributed by atoms with E-state index < -0.39 is 18.0 Å². The zero-order valence-electron chi connectivity index (χ0n) is 11.2. The highest BCUT2D eigenvalue weighted by atomic mass is 19.2. The third-order valence-corrected chi connectivity index (χ3v) is 2.95. The molecule has 5 heteroatoms. The number of carbonyl (C=O) groups is 2. The highest BCUT2D eigenvalue weighted by molar-refractivity contribution is 5.91. The summed E-state index contributed by atoms with van der Waals surface area (Å²) in [5.41, 5.74) is 1.47. The molecule has 1 amide bonds. The monoisotopic (exact) mass is 246 g/mol. The molecule has 0 spiro atoms.